The Bertz CT molecular complexity index is 829. The molecule has 1 atom stereocenters. The number of carbonyl (C=O) groups excluding carboxylic acids is 2. The van der Waals surface area contributed by atoms with Gasteiger partial charge in [-0.05, 0) is 32.4 Å². The topological polar surface area (TPSA) is 84.9 Å². The van der Waals surface area contributed by atoms with Crippen molar-refractivity contribution in [2.75, 3.05) is 13.7 Å². The molecule has 0 bridgehead atoms. The summed E-state index contributed by atoms with van der Waals surface area (Å²) < 4.78 is 10.3. The van der Waals surface area contributed by atoms with Crippen molar-refractivity contribution in [2.45, 2.75) is 32.8 Å². The quantitative estimate of drug-likeness (QED) is 0.720. The van der Waals surface area contributed by atoms with Gasteiger partial charge >= 0.3 is 11.9 Å². The third kappa shape index (κ3) is 4.29. The molecule has 0 unspecified atom stereocenters. The number of hydrogen-bond donors (Lipinski definition) is 2. The second-order valence-corrected chi connectivity index (χ2v) is 7.02. The fourth-order valence-electron chi connectivity index (χ4n) is 2.97. The summed E-state index contributed by atoms with van der Waals surface area (Å²) in [6, 6.07) is 4.93. The highest BCUT2D eigenvalue weighted by Gasteiger charge is 2.40. The van der Waals surface area contributed by atoms with Crippen molar-refractivity contribution in [3.63, 3.8) is 0 Å². The van der Waals surface area contributed by atoms with Gasteiger partial charge in [-0.1, -0.05) is 35.3 Å². The summed E-state index contributed by atoms with van der Waals surface area (Å²) in [7, 11) is 1.25. The van der Waals surface area contributed by atoms with Crippen molar-refractivity contribution >= 4 is 35.1 Å². The molecule has 1 aromatic carbocycles. The van der Waals surface area contributed by atoms with Crippen molar-refractivity contribution in [1.29, 1.82) is 0 Å². The Kier molecular flexibility index (Phi) is 6.92. The molecular formula is C19H21Cl2NO5. The first-order valence-corrected chi connectivity index (χ1v) is 9.03. The highest BCUT2D eigenvalue weighted by Crippen LogP contribution is 2.43. The molecule has 6 nitrogen and oxygen atoms in total. The van der Waals surface area contributed by atoms with Crippen LogP contribution in [0.4, 0.5) is 0 Å². The standard InChI is InChI=1S/C19H21Cl2NO5/c1-9(2)27-19(25)16-13(8-23)22-10(3)14(18(24)26-4)15(16)11-6-5-7-12(20)17(11)21/h5-7,9,15,22-23H,8H2,1-4H3/t15-/m0/s1. The Balaban J connectivity index is 2.77. The van der Waals surface area contributed by atoms with E-state index in [1.54, 1.807) is 39.0 Å². The molecule has 8 heteroatoms. The van der Waals surface area contributed by atoms with Gasteiger partial charge in [0.25, 0.3) is 0 Å². The minimum atomic E-state index is -0.904. The molecule has 146 valence electrons. The van der Waals surface area contributed by atoms with Crippen LogP contribution in [0.15, 0.2) is 40.7 Å². The molecule has 1 heterocycles. The molecule has 0 fully saturated rings. The van der Waals surface area contributed by atoms with Gasteiger partial charge in [0.05, 0.1) is 52.6 Å². The number of rotatable bonds is 5. The molecule has 0 spiro atoms. The number of allylic oxidation sites excluding steroid dienone is 1. The number of aliphatic hydroxyl groups is 1. The summed E-state index contributed by atoms with van der Waals surface area (Å²) in [5, 5.41) is 13.2. The van der Waals surface area contributed by atoms with Gasteiger partial charge in [0.15, 0.2) is 0 Å². The first kappa shape index (κ1) is 21.3. The number of ether oxygens (including phenoxy) is 2. The van der Waals surface area contributed by atoms with Gasteiger partial charge in [-0.3, -0.25) is 0 Å². The number of methoxy groups -OCH3 is 1. The lowest BCUT2D eigenvalue weighted by molar-refractivity contribution is -0.143. The van der Waals surface area contributed by atoms with Crippen molar-refractivity contribution in [3.05, 3.63) is 56.3 Å². The number of nitrogens with one attached hydrogen (secondary N) is 1. The Morgan fingerprint density at radius 1 is 1.22 bits per heavy atom. The van der Waals surface area contributed by atoms with Gasteiger partial charge in [0.1, 0.15) is 0 Å². The molecule has 27 heavy (non-hydrogen) atoms. The summed E-state index contributed by atoms with van der Waals surface area (Å²) in [5.41, 5.74) is 1.38. The number of aliphatic hydroxyl groups excluding tert-OH is 1. The Hall–Kier alpha value is -2.02. The summed E-state index contributed by atoms with van der Waals surface area (Å²) >= 11 is 12.5. The van der Waals surface area contributed by atoms with Crippen molar-refractivity contribution < 1.29 is 24.2 Å². The average molecular weight is 414 g/mol. The molecule has 0 saturated heterocycles. The highest BCUT2D eigenvalue weighted by atomic mass is 35.5. The molecule has 2 N–H and O–H groups in total. The van der Waals surface area contributed by atoms with Crippen LogP contribution in [0.2, 0.25) is 10.0 Å². The molecule has 0 amide bonds. The van der Waals surface area contributed by atoms with E-state index in [0.717, 1.165) is 0 Å². The smallest absolute Gasteiger partial charge is 0.337 e. The SMILES string of the molecule is COC(=O)C1=C(C)NC(CO)=C(C(=O)OC(C)C)[C@H]1c1cccc(Cl)c1Cl. The Labute approximate surface area is 167 Å². The number of esters is 2. The highest BCUT2D eigenvalue weighted by molar-refractivity contribution is 6.42. The number of dihydropyridines is 1. The van der Waals surface area contributed by atoms with Crippen molar-refractivity contribution in [1.82, 2.24) is 5.32 Å². The van der Waals surface area contributed by atoms with Gasteiger partial charge in [0.2, 0.25) is 0 Å². The minimum absolute atomic E-state index is 0.0846. The maximum Gasteiger partial charge on any atom is 0.337 e. The average Bonchev–Trinajstić information content (AvgIpc) is 2.61. The third-order valence-electron chi connectivity index (χ3n) is 4.06. The lowest BCUT2D eigenvalue weighted by atomic mass is 9.80. The van der Waals surface area contributed by atoms with Gasteiger partial charge < -0.3 is 19.9 Å². The van der Waals surface area contributed by atoms with Gasteiger partial charge in [-0.25, -0.2) is 9.59 Å². The molecule has 1 aliphatic heterocycles. The fraction of sp³-hybridized carbons (Fsp3) is 0.368. The van der Waals surface area contributed by atoms with E-state index in [-0.39, 0.29) is 26.9 Å². The molecule has 2 rings (SSSR count). The summed E-state index contributed by atoms with van der Waals surface area (Å²) in [6.45, 7) is 4.61. The molecule has 1 aliphatic rings. The first-order valence-electron chi connectivity index (χ1n) is 8.27. The molecule has 0 saturated carbocycles. The van der Waals surface area contributed by atoms with Crippen LogP contribution in [0.3, 0.4) is 0 Å². The second-order valence-electron chi connectivity index (χ2n) is 6.24. The monoisotopic (exact) mass is 413 g/mol. The van der Waals surface area contributed by atoms with E-state index in [1.807, 2.05) is 0 Å². The minimum Gasteiger partial charge on any atom is -0.466 e. The lowest BCUT2D eigenvalue weighted by Crippen LogP contribution is -2.35. The molecule has 0 radical (unpaired) electrons. The third-order valence-corrected chi connectivity index (χ3v) is 4.90. The predicted octanol–water partition coefficient (Wildman–Crippen LogP) is 3.33. The van der Waals surface area contributed by atoms with E-state index in [9.17, 15) is 14.7 Å². The summed E-state index contributed by atoms with van der Waals surface area (Å²) in [6.07, 6.45) is -0.394. The lowest BCUT2D eigenvalue weighted by Gasteiger charge is -2.31. The maximum atomic E-state index is 12.8. The Morgan fingerprint density at radius 2 is 1.89 bits per heavy atom. The fourth-order valence-corrected chi connectivity index (χ4v) is 3.39. The zero-order valence-electron chi connectivity index (χ0n) is 15.4. The van der Waals surface area contributed by atoms with Gasteiger partial charge in [-0.15, -0.1) is 0 Å². The zero-order chi connectivity index (χ0) is 20.3. The van der Waals surface area contributed by atoms with E-state index in [0.29, 0.717) is 11.3 Å². The van der Waals surface area contributed by atoms with E-state index >= 15 is 0 Å². The molecular weight excluding hydrogens is 393 g/mol. The number of benzene rings is 1. The van der Waals surface area contributed by atoms with Crippen LogP contribution >= 0.6 is 23.2 Å². The van der Waals surface area contributed by atoms with Crippen molar-refractivity contribution in [2.24, 2.45) is 0 Å². The summed E-state index contributed by atoms with van der Waals surface area (Å²) in [4.78, 5) is 25.3. The predicted molar refractivity (Wildman–Crippen MR) is 102 cm³/mol. The van der Waals surface area contributed by atoms with Crippen LogP contribution in [0.25, 0.3) is 0 Å². The van der Waals surface area contributed by atoms with Crippen LogP contribution in [0, 0.1) is 0 Å². The second kappa shape index (κ2) is 8.78. The van der Waals surface area contributed by atoms with Gasteiger partial charge in [-0.2, -0.15) is 0 Å². The normalized spacial score (nSPS) is 17.1. The largest absolute Gasteiger partial charge is 0.466 e. The number of carbonyl (C=O) groups is 2. The van der Waals surface area contributed by atoms with Crippen LogP contribution in [-0.4, -0.2) is 36.9 Å². The van der Waals surface area contributed by atoms with Crippen molar-refractivity contribution in [3.8, 4) is 0 Å². The summed E-state index contributed by atoms with van der Waals surface area (Å²) in [5.74, 6) is -2.21. The van der Waals surface area contributed by atoms with E-state index in [4.69, 9.17) is 32.7 Å². The molecule has 1 aromatic rings. The number of halogens is 2. The first-order chi connectivity index (χ1) is 12.7. The number of hydrogen-bond acceptors (Lipinski definition) is 6. The van der Waals surface area contributed by atoms with Crippen LogP contribution in [-0.2, 0) is 19.1 Å². The van der Waals surface area contributed by atoms with Crippen LogP contribution in [0.1, 0.15) is 32.3 Å². The zero-order valence-corrected chi connectivity index (χ0v) is 16.9. The van der Waals surface area contributed by atoms with E-state index in [2.05, 4.69) is 5.32 Å². The van der Waals surface area contributed by atoms with E-state index in [1.165, 1.54) is 7.11 Å². The van der Waals surface area contributed by atoms with Gasteiger partial charge in [0, 0.05) is 5.70 Å². The van der Waals surface area contributed by atoms with Crippen LogP contribution < -0.4 is 5.32 Å². The Morgan fingerprint density at radius 3 is 2.44 bits per heavy atom. The molecule has 0 aliphatic carbocycles. The van der Waals surface area contributed by atoms with E-state index < -0.39 is 30.6 Å². The maximum absolute atomic E-state index is 12.8. The molecule has 0 aromatic heterocycles. The van der Waals surface area contributed by atoms with Crippen LogP contribution in [0.5, 0.6) is 0 Å².